The first-order valence-corrected chi connectivity index (χ1v) is 7.91. The molecule has 3 atom stereocenters. The Kier molecular flexibility index (Phi) is 5.73. The van der Waals surface area contributed by atoms with Crippen LogP contribution in [0.4, 0.5) is 4.39 Å². The number of likely N-dealkylation sites (N-methyl/N-ethyl adjacent to an activating group) is 1. The van der Waals surface area contributed by atoms with Crippen molar-refractivity contribution in [1.29, 1.82) is 0 Å². The molecule has 118 valence electrons. The SMILES string of the molecule is CC(CN1CCCN(C)CC1C)C(N)c1ccccc1F. The topological polar surface area (TPSA) is 32.5 Å². The fraction of sp³-hybridized carbons (Fsp3) is 0.647. The van der Waals surface area contributed by atoms with Crippen LogP contribution < -0.4 is 5.73 Å². The highest BCUT2D eigenvalue weighted by Gasteiger charge is 2.25. The van der Waals surface area contributed by atoms with Gasteiger partial charge in [0, 0.05) is 30.7 Å². The van der Waals surface area contributed by atoms with E-state index in [0.717, 1.165) is 26.2 Å². The summed E-state index contributed by atoms with van der Waals surface area (Å²) in [5.74, 6) is 0.0354. The third kappa shape index (κ3) is 4.25. The first-order chi connectivity index (χ1) is 9.99. The monoisotopic (exact) mass is 293 g/mol. The predicted molar refractivity (Wildman–Crippen MR) is 85.6 cm³/mol. The molecule has 4 heteroatoms. The molecule has 0 radical (unpaired) electrons. The molecular formula is C17H28FN3. The van der Waals surface area contributed by atoms with Crippen LogP contribution in [-0.2, 0) is 0 Å². The third-order valence-electron chi connectivity index (χ3n) is 4.58. The third-order valence-corrected chi connectivity index (χ3v) is 4.58. The predicted octanol–water partition coefficient (Wildman–Crippen LogP) is 2.49. The van der Waals surface area contributed by atoms with Crippen molar-refractivity contribution in [2.75, 3.05) is 33.2 Å². The summed E-state index contributed by atoms with van der Waals surface area (Å²) >= 11 is 0. The summed E-state index contributed by atoms with van der Waals surface area (Å²) in [7, 11) is 2.18. The first-order valence-electron chi connectivity index (χ1n) is 7.91. The Labute approximate surface area is 127 Å². The number of halogens is 1. The van der Waals surface area contributed by atoms with Crippen molar-refractivity contribution in [2.45, 2.75) is 32.4 Å². The molecule has 0 amide bonds. The molecule has 0 saturated carbocycles. The quantitative estimate of drug-likeness (QED) is 0.926. The molecular weight excluding hydrogens is 265 g/mol. The van der Waals surface area contributed by atoms with Crippen LogP contribution in [0, 0.1) is 11.7 Å². The Morgan fingerprint density at radius 1 is 1.33 bits per heavy atom. The summed E-state index contributed by atoms with van der Waals surface area (Å²) in [6.07, 6.45) is 1.18. The van der Waals surface area contributed by atoms with Crippen LogP contribution in [0.3, 0.4) is 0 Å². The lowest BCUT2D eigenvalue weighted by Gasteiger charge is -2.32. The molecule has 0 bridgehead atoms. The lowest BCUT2D eigenvalue weighted by Crippen LogP contribution is -2.42. The highest BCUT2D eigenvalue weighted by Crippen LogP contribution is 2.24. The van der Waals surface area contributed by atoms with Gasteiger partial charge in [0.05, 0.1) is 0 Å². The number of hydrogen-bond acceptors (Lipinski definition) is 3. The van der Waals surface area contributed by atoms with Crippen molar-refractivity contribution in [3.63, 3.8) is 0 Å². The Morgan fingerprint density at radius 2 is 2.05 bits per heavy atom. The summed E-state index contributed by atoms with van der Waals surface area (Å²) in [5, 5.41) is 0. The minimum absolute atomic E-state index is 0.194. The zero-order valence-electron chi connectivity index (χ0n) is 13.4. The molecule has 1 aromatic rings. The molecule has 3 unspecified atom stereocenters. The van der Waals surface area contributed by atoms with Crippen molar-refractivity contribution in [3.8, 4) is 0 Å². The minimum Gasteiger partial charge on any atom is -0.324 e. The highest BCUT2D eigenvalue weighted by atomic mass is 19.1. The van der Waals surface area contributed by atoms with E-state index in [1.54, 1.807) is 12.1 Å². The number of hydrogen-bond donors (Lipinski definition) is 1. The second-order valence-corrected chi connectivity index (χ2v) is 6.48. The Balaban J connectivity index is 2.00. The Morgan fingerprint density at radius 3 is 2.76 bits per heavy atom. The first kappa shape index (κ1) is 16.4. The lowest BCUT2D eigenvalue weighted by molar-refractivity contribution is 0.168. The van der Waals surface area contributed by atoms with Crippen LogP contribution in [0.5, 0.6) is 0 Å². The second kappa shape index (κ2) is 7.34. The van der Waals surface area contributed by atoms with Gasteiger partial charge in [0.1, 0.15) is 5.82 Å². The van der Waals surface area contributed by atoms with Crippen molar-refractivity contribution >= 4 is 0 Å². The normalized spacial score (nSPS) is 24.5. The Hall–Kier alpha value is -0.970. The van der Waals surface area contributed by atoms with Gasteiger partial charge in [-0.3, -0.25) is 4.90 Å². The zero-order chi connectivity index (χ0) is 15.4. The van der Waals surface area contributed by atoms with E-state index in [1.165, 1.54) is 12.5 Å². The van der Waals surface area contributed by atoms with Crippen molar-refractivity contribution in [3.05, 3.63) is 35.6 Å². The van der Waals surface area contributed by atoms with Crippen molar-refractivity contribution in [1.82, 2.24) is 9.80 Å². The lowest BCUT2D eigenvalue weighted by atomic mass is 9.94. The fourth-order valence-electron chi connectivity index (χ4n) is 3.23. The van der Waals surface area contributed by atoms with E-state index < -0.39 is 0 Å². The van der Waals surface area contributed by atoms with Gasteiger partial charge in [0.25, 0.3) is 0 Å². The van der Waals surface area contributed by atoms with Gasteiger partial charge in [0.15, 0.2) is 0 Å². The number of rotatable bonds is 4. The number of nitrogens with two attached hydrogens (primary N) is 1. The van der Waals surface area contributed by atoms with Gasteiger partial charge in [-0.05, 0) is 45.5 Å². The molecule has 1 aromatic carbocycles. The molecule has 0 aromatic heterocycles. The maximum atomic E-state index is 13.9. The summed E-state index contributed by atoms with van der Waals surface area (Å²) in [5.41, 5.74) is 6.92. The van der Waals surface area contributed by atoms with Crippen molar-refractivity contribution < 1.29 is 4.39 Å². The average Bonchev–Trinajstić information content (AvgIpc) is 2.60. The van der Waals surface area contributed by atoms with Crippen LogP contribution in [0.25, 0.3) is 0 Å². The van der Waals surface area contributed by atoms with Gasteiger partial charge >= 0.3 is 0 Å². The maximum Gasteiger partial charge on any atom is 0.127 e. The van der Waals surface area contributed by atoms with E-state index >= 15 is 0 Å². The summed E-state index contributed by atoms with van der Waals surface area (Å²) in [4.78, 5) is 4.88. The largest absolute Gasteiger partial charge is 0.324 e. The fourth-order valence-corrected chi connectivity index (χ4v) is 3.23. The van der Waals surface area contributed by atoms with Gasteiger partial charge in [-0.2, -0.15) is 0 Å². The molecule has 0 spiro atoms. The number of benzene rings is 1. The van der Waals surface area contributed by atoms with Crippen LogP contribution in [-0.4, -0.2) is 49.1 Å². The smallest absolute Gasteiger partial charge is 0.127 e. The highest BCUT2D eigenvalue weighted by molar-refractivity contribution is 5.21. The van der Waals surface area contributed by atoms with Crippen LogP contribution >= 0.6 is 0 Å². The van der Waals surface area contributed by atoms with E-state index in [1.807, 2.05) is 6.07 Å². The summed E-state index contributed by atoms with van der Waals surface area (Å²) in [6.45, 7) is 8.64. The van der Waals surface area contributed by atoms with E-state index in [-0.39, 0.29) is 17.8 Å². The van der Waals surface area contributed by atoms with Gasteiger partial charge in [-0.1, -0.05) is 25.1 Å². The van der Waals surface area contributed by atoms with Gasteiger partial charge in [-0.15, -0.1) is 0 Å². The van der Waals surface area contributed by atoms with Crippen molar-refractivity contribution in [2.24, 2.45) is 11.7 Å². The maximum absolute atomic E-state index is 13.9. The molecule has 1 saturated heterocycles. The van der Waals surface area contributed by atoms with E-state index in [9.17, 15) is 4.39 Å². The molecule has 21 heavy (non-hydrogen) atoms. The van der Waals surface area contributed by atoms with E-state index in [2.05, 4.69) is 30.7 Å². The van der Waals surface area contributed by atoms with Gasteiger partial charge in [-0.25, -0.2) is 4.39 Å². The molecule has 1 aliphatic heterocycles. The second-order valence-electron chi connectivity index (χ2n) is 6.48. The Bertz CT molecular complexity index is 451. The molecule has 1 aliphatic rings. The molecule has 0 aliphatic carbocycles. The molecule has 3 nitrogen and oxygen atoms in total. The van der Waals surface area contributed by atoms with Gasteiger partial charge < -0.3 is 10.6 Å². The standard InChI is InChI=1S/C17H28FN3/c1-13(17(19)15-7-4-5-8-16(15)18)11-21-10-6-9-20(3)12-14(21)2/h4-5,7-8,13-14,17H,6,9-12,19H2,1-3H3. The summed E-state index contributed by atoms with van der Waals surface area (Å²) < 4.78 is 13.9. The average molecular weight is 293 g/mol. The number of nitrogens with zero attached hydrogens (tertiary/aromatic N) is 2. The van der Waals surface area contributed by atoms with E-state index in [0.29, 0.717) is 11.6 Å². The van der Waals surface area contributed by atoms with Crippen LogP contribution in [0.1, 0.15) is 31.9 Å². The summed E-state index contributed by atoms with van der Waals surface area (Å²) in [6, 6.07) is 7.13. The van der Waals surface area contributed by atoms with Crippen LogP contribution in [0.15, 0.2) is 24.3 Å². The minimum atomic E-state index is -0.251. The molecule has 1 fully saturated rings. The molecule has 1 heterocycles. The van der Waals surface area contributed by atoms with Crippen LogP contribution in [0.2, 0.25) is 0 Å². The van der Waals surface area contributed by atoms with Gasteiger partial charge in [0.2, 0.25) is 0 Å². The molecule has 2 rings (SSSR count). The van der Waals surface area contributed by atoms with E-state index in [4.69, 9.17) is 5.73 Å². The molecule has 2 N–H and O–H groups in total. The zero-order valence-corrected chi connectivity index (χ0v) is 13.4.